The molecule has 0 bridgehead atoms. The molecule has 0 spiro atoms. The fourth-order valence-corrected chi connectivity index (χ4v) is 4.03. The van der Waals surface area contributed by atoms with Crippen molar-refractivity contribution < 1.29 is 14.4 Å². The lowest BCUT2D eigenvalue weighted by Crippen LogP contribution is -3.05. The number of hydrogen-bond donors (Lipinski definition) is 1. The molecule has 5 nitrogen and oxygen atoms in total. The molecule has 3 rings (SSSR count). The maximum absolute atomic E-state index is 13.3. The summed E-state index contributed by atoms with van der Waals surface area (Å²) in [5.41, 5.74) is 2.65. The van der Waals surface area contributed by atoms with Gasteiger partial charge in [0.1, 0.15) is 11.3 Å². The molecule has 148 valence electrons. The first-order valence-electron chi connectivity index (χ1n) is 9.69. The van der Waals surface area contributed by atoms with Gasteiger partial charge in [-0.25, -0.2) is 4.98 Å². The zero-order chi connectivity index (χ0) is 20.1. The van der Waals surface area contributed by atoms with Gasteiger partial charge in [-0.1, -0.05) is 35.1 Å². The minimum Gasteiger partial charge on any atom is -0.492 e. The van der Waals surface area contributed by atoms with E-state index in [-0.39, 0.29) is 5.91 Å². The zero-order valence-corrected chi connectivity index (χ0v) is 17.8. The Bertz CT molecular complexity index is 935. The predicted molar refractivity (Wildman–Crippen MR) is 116 cm³/mol. The van der Waals surface area contributed by atoms with Crippen LogP contribution < -0.4 is 14.5 Å². The third-order valence-electron chi connectivity index (χ3n) is 4.50. The van der Waals surface area contributed by atoms with Gasteiger partial charge in [-0.15, -0.1) is 0 Å². The molecular formula is C22H28N3O2S+. The van der Waals surface area contributed by atoms with Gasteiger partial charge in [0.2, 0.25) is 0 Å². The second-order valence-electron chi connectivity index (χ2n) is 7.17. The Morgan fingerprint density at radius 1 is 1.18 bits per heavy atom. The van der Waals surface area contributed by atoms with Crippen LogP contribution in [0.5, 0.6) is 5.75 Å². The summed E-state index contributed by atoms with van der Waals surface area (Å²) in [6.45, 7) is 6.20. The third-order valence-corrected chi connectivity index (χ3v) is 5.55. The van der Waals surface area contributed by atoms with Crippen molar-refractivity contribution in [2.24, 2.45) is 0 Å². The van der Waals surface area contributed by atoms with Crippen molar-refractivity contribution in [3.05, 3.63) is 53.6 Å². The van der Waals surface area contributed by atoms with Crippen LogP contribution in [-0.2, 0) is 0 Å². The number of fused-ring (bicyclic) bond motifs is 1. The fraction of sp³-hybridized carbons (Fsp3) is 0.364. The van der Waals surface area contributed by atoms with Gasteiger partial charge in [0, 0.05) is 18.5 Å². The van der Waals surface area contributed by atoms with Crippen molar-refractivity contribution in [1.82, 2.24) is 4.98 Å². The van der Waals surface area contributed by atoms with Crippen molar-refractivity contribution >= 4 is 32.6 Å². The van der Waals surface area contributed by atoms with Crippen LogP contribution in [0, 0.1) is 6.92 Å². The quantitative estimate of drug-likeness (QED) is 0.634. The van der Waals surface area contributed by atoms with Crippen molar-refractivity contribution in [3.63, 3.8) is 0 Å². The summed E-state index contributed by atoms with van der Waals surface area (Å²) >= 11 is 1.54. The van der Waals surface area contributed by atoms with E-state index in [1.807, 2.05) is 61.2 Å². The molecule has 1 heterocycles. The van der Waals surface area contributed by atoms with Crippen molar-refractivity contribution in [2.75, 3.05) is 38.7 Å². The number of rotatable bonds is 8. The van der Waals surface area contributed by atoms with E-state index >= 15 is 0 Å². The van der Waals surface area contributed by atoms with E-state index in [9.17, 15) is 4.79 Å². The third kappa shape index (κ3) is 4.69. The summed E-state index contributed by atoms with van der Waals surface area (Å²) in [6.07, 6.45) is 0.911. The highest BCUT2D eigenvalue weighted by Crippen LogP contribution is 2.34. The molecule has 1 N–H and O–H groups in total. The number of ether oxygens (including phenoxy) is 1. The average molecular weight is 399 g/mol. The summed E-state index contributed by atoms with van der Waals surface area (Å²) in [5.74, 6) is 0.758. The van der Waals surface area contributed by atoms with Gasteiger partial charge in [-0.05, 0) is 38.1 Å². The number of nitrogens with one attached hydrogen (secondary N) is 1. The number of thiazole rings is 1. The standard InChI is InChI=1S/C22H27N3O2S/c1-5-27-18-8-6-9-19-20(18)23-22(28-19)25(15-7-14-24(3)4)21(26)17-12-10-16(2)11-13-17/h6,8-13H,5,7,14-15H2,1-4H3/p+1. The highest BCUT2D eigenvalue weighted by atomic mass is 32.1. The number of aromatic nitrogens is 1. The number of benzene rings is 2. The molecule has 0 fully saturated rings. The van der Waals surface area contributed by atoms with E-state index in [0.717, 1.165) is 39.6 Å². The molecule has 0 saturated carbocycles. The topological polar surface area (TPSA) is 46.9 Å². The van der Waals surface area contributed by atoms with Gasteiger partial charge in [-0.2, -0.15) is 0 Å². The predicted octanol–water partition coefficient (Wildman–Crippen LogP) is 3.18. The largest absolute Gasteiger partial charge is 0.492 e. The van der Waals surface area contributed by atoms with Crippen molar-refractivity contribution in [3.8, 4) is 5.75 Å². The van der Waals surface area contributed by atoms with Crippen LogP contribution in [0.15, 0.2) is 42.5 Å². The lowest BCUT2D eigenvalue weighted by atomic mass is 10.1. The Balaban J connectivity index is 1.95. The minimum absolute atomic E-state index is 0.00854. The molecular weight excluding hydrogens is 370 g/mol. The van der Waals surface area contributed by atoms with E-state index in [1.54, 1.807) is 0 Å². The summed E-state index contributed by atoms with van der Waals surface area (Å²) < 4.78 is 6.75. The monoisotopic (exact) mass is 398 g/mol. The molecule has 1 amide bonds. The zero-order valence-electron chi connectivity index (χ0n) is 17.0. The first-order valence-corrected chi connectivity index (χ1v) is 10.5. The van der Waals surface area contributed by atoms with Crippen molar-refractivity contribution in [1.29, 1.82) is 0 Å². The van der Waals surface area contributed by atoms with Gasteiger partial charge < -0.3 is 9.64 Å². The van der Waals surface area contributed by atoms with Crippen LogP contribution in [0.1, 0.15) is 29.3 Å². The number of hydrogen-bond acceptors (Lipinski definition) is 4. The van der Waals surface area contributed by atoms with Crippen LogP contribution >= 0.6 is 11.3 Å². The van der Waals surface area contributed by atoms with Crippen LogP contribution in [0.2, 0.25) is 0 Å². The summed E-state index contributed by atoms with van der Waals surface area (Å²) in [7, 11) is 4.25. The Labute approximate surface area is 170 Å². The summed E-state index contributed by atoms with van der Waals surface area (Å²) in [5, 5.41) is 0.724. The van der Waals surface area contributed by atoms with Crippen LogP contribution in [0.25, 0.3) is 10.2 Å². The maximum Gasteiger partial charge on any atom is 0.260 e. The fourth-order valence-electron chi connectivity index (χ4n) is 3.03. The molecule has 6 heteroatoms. The van der Waals surface area contributed by atoms with E-state index in [0.29, 0.717) is 18.7 Å². The maximum atomic E-state index is 13.3. The summed E-state index contributed by atoms with van der Waals surface area (Å²) in [4.78, 5) is 21.2. The number of amides is 1. The molecule has 0 aliphatic carbocycles. The van der Waals surface area contributed by atoms with Crippen LogP contribution in [0.4, 0.5) is 5.13 Å². The van der Waals surface area contributed by atoms with Gasteiger partial charge >= 0.3 is 0 Å². The van der Waals surface area contributed by atoms with Gasteiger partial charge in [0.25, 0.3) is 5.91 Å². The minimum atomic E-state index is -0.00854. The van der Waals surface area contributed by atoms with E-state index in [1.165, 1.54) is 16.2 Å². The second kappa shape index (κ2) is 9.17. The molecule has 0 radical (unpaired) electrons. The first kappa shape index (κ1) is 20.3. The average Bonchev–Trinajstić information content (AvgIpc) is 3.10. The lowest BCUT2D eigenvalue weighted by Gasteiger charge is -2.20. The van der Waals surface area contributed by atoms with Crippen LogP contribution in [-0.4, -0.2) is 44.7 Å². The Hall–Kier alpha value is -2.44. The molecule has 2 aromatic carbocycles. The van der Waals surface area contributed by atoms with Gasteiger partial charge in [0.05, 0.1) is 31.9 Å². The Morgan fingerprint density at radius 2 is 1.93 bits per heavy atom. The highest BCUT2D eigenvalue weighted by Gasteiger charge is 2.22. The molecule has 3 aromatic rings. The molecule has 0 aliphatic rings. The molecule has 0 atom stereocenters. The van der Waals surface area contributed by atoms with E-state index in [2.05, 4.69) is 14.1 Å². The molecule has 0 unspecified atom stereocenters. The number of nitrogens with zero attached hydrogens (tertiary/aromatic N) is 2. The van der Waals surface area contributed by atoms with Crippen molar-refractivity contribution in [2.45, 2.75) is 20.3 Å². The lowest BCUT2D eigenvalue weighted by molar-refractivity contribution is -0.858. The van der Waals surface area contributed by atoms with E-state index in [4.69, 9.17) is 9.72 Å². The normalized spacial score (nSPS) is 11.2. The number of carbonyl (C=O) groups is 1. The number of aryl methyl sites for hydroxylation is 1. The first-order chi connectivity index (χ1) is 13.5. The molecule has 1 aromatic heterocycles. The second-order valence-corrected chi connectivity index (χ2v) is 8.17. The molecule has 28 heavy (non-hydrogen) atoms. The summed E-state index contributed by atoms with van der Waals surface area (Å²) in [6, 6.07) is 13.6. The van der Waals surface area contributed by atoms with Crippen LogP contribution in [0.3, 0.4) is 0 Å². The number of carbonyl (C=O) groups excluding carboxylic acids is 1. The van der Waals surface area contributed by atoms with E-state index < -0.39 is 0 Å². The highest BCUT2D eigenvalue weighted by molar-refractivity contribution is 7.22. The number of para-hydroxylation sites is 1. The van der Waals surface area contributed by atoms with Gasteiger partial charge in [0.15, 0.2) is 5.13 Å². The molecule has 0 saturated heterocycles. The number of quaternary nitrogens is 1. The molecule has 0 aliphatic heterocycles. The smallest absolute Gasteiger partial charge is 0.260 e. The Morgan fingerprint density at radius 3 is 2.61 bits per heavy atom. The number of anilines is 1. The SMILES string of the molecule is CCOc1cccc2sc(N(CCC[NH+](C)C)C(=O)c3ccc(C)cc3)nc12. The van der Waals surface area contributed by atoms with Gasteiger partial charge in [-0.3, -0.25) is 9.69 Å². The Kier molecular flexibility index (Phi) is 6.65.